The summed E-state index contributed by atoms with van der Waals surface area (Å²) in [7, 11) is 1.61. The molecule has 150 valence electrons. The molecule has 1 N–H and O–H groups in total. The van der Waals surface area contributed by atoms with E-state index in [4.69, 9.17) is 17.0 Å². The summed E-state index contributed by atoms with van der Waals surface area (Å²) in [6.45, 7) is 1.96. The van der Waals surface area contributed by atoms with E-state index in [9.17, 15) is 9.59 Å². The number of rotatable bonds is 4. The Hall–Kier alpha value is -3.71. The van der Waals surface area contributed by atoms with Gasteiger partial charge < -0.3 is 9.30 Å². The minimum Gasteiger partial charge on any atom is -0.497 e. The molecule has 1 saturated heterocycles. The summed E-state index contributed by atoms with van der Waals surface area (Å²) >= 11 is 5.24. The van der Waals surface area contributed by atoms with Gasteiger partial charge in [0.2, 0.25) is 0 Å². The Bertz CT molecular complexity index is 1160. The number of carbonyl (C=O) groups is 2. The molecule has 0 radical (unpaired) electrons. The minimum atomic E-state index is -0.516. The first-order valence-electron chi connectivity index (χ1n) is 9.29. The van der Waals surface area contributed by atoms with Crippen LogP contribution in [0.3, 0.4) is 0 Å². The molecule has 4 rings (SSSR count). The molecule has 0 spiro atoms. The lowest BCUT2D eigenvalue weighted by atomic mass is 10.1. The average Bonchev–Trinajstić information content (AvgIpc) is 3.12. The number of anilines is 1. The van der Waals surface area contributed by atoms with Gasteiger partial charge in [0.15, 0.2) is 5.11 Å². The molecule has 2 aromatic carbocycles. The number of aromatic nitrogens is 1. The molecule has 0 unspecified atom stereocenters. The summed E-state index contributed by atoms with van der Waals surface area (Å²) in [5, 5.41) is 2.68. The van der Waals surface area contributed by atoms with Gasteiger partial charge in [-0.15, -0.1) is 0 Å². The SMILES string of the molecule is COc1ccc(-n2c(C)ccc2/C=C2\C(=O)NC(=S)N(c3ccccc3)C2=O)cc1. The zero-order chi connectivity index (χ0) is 21.3. The highest BCUT2D eigenvalue weighted by molar-refractivity contribution is 7.80. The predicted molar refractivity (Wildman–Crippen MR) is 120 cm³/mol. The van der Waals surface area contributed by atoms with Crippen molar-refractivity contribution in [1.29, 1.82) is 0 Å². The molecular weight excluding hydrogens is 398 g/mol. The number of hydrogen-bond donors (Lipinski definition) is 1. The Balaban J connectivity index is 1.76. The molecule has 1 aliphatic heterocycles. The van der Waals surface area contributed by atoms with Gasteiger partial charge in [0.25, 0.3) is 11.8 Å². The third-order valence-electron chi connectivity index (χ3n) is 4.85. The Kier molecular flexibility index (Phi) is 5.20. The normalized spacial score (nSPS) is 15.5. The van der Waals surface area contributed by atoms with Crippen LogP contribution in [0.15, 0.2) is 72.3 Å². The molecular formula is C23H19N3O3S. The number of thiocarbonyl (C=S) groups is 1. The van der Waals surface area contributed by atoms with E-state index >= 15 is 0 Å². The van der Waals surface area contributed by atoms with E-state index in [0.717, 1.165) is 17.1 Å². The number of carbonyl (C=O) groups excluding carboxylic acids is 2. The van der Waals surface area contributed by atoms with E-state index in [-0.39, 0.29) is 10.7 Å². The molecule has 2 heterocycles. The van der Waals surface area contributed by atoms with Crippen molar-refractivity contribution in [2.24, 2.45) is 0 Å². The van der Waals surface area contributed by atoms with Crippen LogP contribution in [0.1, 0.15) is 11.4 Å². The minimum absolute atomic E-state index is 0.0142. The van der Waals surface area contributed by atoms with Gasteiger partial charge in [0, 0.05) is 17.1 Å². The lowest BCUT2D eigenvalue weighted by molar-refractivity contribution is -0.122. The van der Waals surface area contributed by atoms with Gasteiger partial charge in [-0.2, -0.15) is 0 Å². The van der Waals surface area contributed by atoms with Crippen molar-refractivity contribution < 1.29 is 14.3 Å². The second-order valence-electron chi connectivity index (χ2n) is 6.73. The first-order chi connectivity index (χ1) is 14.5. The molecule has 2 amide bonds. The van der Waals surface area contributed by atoms with Gasteiger partial charge in [0.1, 0.15) is 11.3 Å². The van der Waals surface area contributed by atoms with E-state index in [1.807, 2.05) is 66.1 Å². The topological polar surface area (TPSA) is 63.6 Å². The van der Waals surface area contributed by atoms with E-state index in [1.165, 1.54) is 4.90 Å². The predicted octanol–water partition coefficient (Wildman–Crippen LogP) is 3.63. The summed E-state index contributed by atoms with van der Waals surface area (Å²) in [5.74, 6) is -0.232. The quantitative estimate of drug-likeness (QED) is 0.400. The number of hydrogen-bond acceptors (Lipinski definition) is 4. The maximum atomic E-state index is 13.2. The van der Waals surface area contributed by atoms with Gasteiger partial charge >= 0.3 is 0 Å². The first kappa shape index (κ1) is 19.6. The number of amides is 2. The van der Waals surface area contributed by atoms with Gasteiger partial charge in [-0.3, -0.25) is 19.8 Å². The summed E-state index contributed by atoms with van der Waals surface area (Å²) in [6, 6.07) is 20.4. The van der Waals surface area contributed by atoms with Gasteiger partial charge in [-0.25, -0.2) is 0 Å². The lowest BCUT2D eigenvalue weighted by Gasteiger charge is -2.28. The third kappa shape index (κ3) is 3.51. The van der Waals surface area contributed by atoms with Crippen molar-refractivity contribution >= 4 is 40.9 Å². The maximum Gasteiger partial charge on any atom is 0.270 e. The third-order valence-corrected chi connectivity index (χ3v) is 5.13. The van der Waals surface area contributed by atoms with Crippen LogP contribution in [0, 0.1) is 6.92 Å². The number of nitrogens with zero attached hydrogens (tertiary/aromatic N) is 2. The Morgan fingerprint density at radius 3 is 2.30 bits per heavy atom. The Labute approximate surface area is 179 Å². The Morgan fingerprint density at radius 2 is 1.63 bits per heavy atom. The molecule has 1 aliphatic rings. The van der Waals surface area contributed by atoms with E-state index in [1.54, 1.807) is 25.3 Å². The highest BCUT2D eigenvalue weighted by Gasteiger charge is 2.34. The van der Waals surface area contributed by atoms with Crippen LogP contribution in [-0.4, -0.2) is 28.6 Å². The van der Waals surface area contributed by atoms with Crippen molar-refractivity contribution in [3.63, 3.8) is 0 Å². The summed E-state index contributed by atoms with van der Waals surface area (Å²) in [6.07, 6.45) is 1.59. The molecule has 3 aromatic rings. The summed E-state index contributed by atoms with van der Waals surface area (Å²) in [4.78, 5) is 27.1. The van der Waals surface area contributed by atoms with E-state index in [2.05, 4.69) is 5.32 Å². The molecule has 0 saturated carbocycles. The van der Waals surface area contributed by atoms with Crippen LogP contribution >= 0.6 is 12.2 Å². The van der Waals surface area contributed by atoms with Crippen LogP contribution in [0.5, 0.6) is 5.75 Å². The zero-order valence-corrected chi connectivity index (χ0v) is 17.3. The highest BCUT2D eigenvalue weighted by Crippen LogP contribution is 2.25. The molecule has 1 fully saturated rings. The van der Waals surface area contributed by atoms with Crippen molar-refractivity contribution in [3.05, 3.63) is 83.7 Å². The average molecular weight is 417 g/mol. The van der Waals surface area contributed by atoms with Crippen molar-refractivity contribution in [3.8, 4) is 11.4 Å². The number of para-hydroxylation sites is 1. The van der Waals surface area contributed by atoms with Gasteiger partial charge in [-0.1, -0.05) is 18.2 Å². The van der Waals surface area contributed by atoms with Crippen molar-refractivity contribution in [1.82, 2.24) is 9.88 Å². The number of ether oxygens (including phenoxy) is 1. The number of aryl methyl sites for hydroxylation is 1. The maximum absolute atomic E-state index is 13.2. The highest BCUT2D eigenvalue weighted by atomic mass is 32.1. The number of benzene rings is 2. The lowest BCUT2D eigenvalue weighted by Crippen LogP contribution is -2.54. The van der Waals surface area contributed by atoms with Gasteiger partial charge in [-0.05, 0) is 73.7 Å². The molecule has 30 heavy (non-hydrogen) atoms. The molecule has 0 atom stereocenters. The summed E-state index contributed by atoms with van der Waals surface area (Å²) < 4.78 is 7.19. The van der Waals surface area contributed by atoms with Crippen LogP contribution in [0.4, 0.5) is 5.69 Å². The first-order valence-corrected chi connectivity index (χ1v) is 9.69. The Morgan fingerprint density at radius 1 is 0.933 bits per heavy atom. The fraction of sp³-hybridized carbons (Fsp3) is 0.0870. The number of nitrogens with one attached hydrogen (secondary N) is 1. The fourth-order valence-corrected chi connectivity index (χ4v) is 3.65. The van der Waals surface area contributed by atoms with Crippen molar-refractivity contribution in [2.45, 2.75) is 6.92 Å². The molecule has 0 bridgehead atoms. The monoisotopic (exact) mass is 417 g/mol. The zero-order valence-electron chi connectivity index (χ0n) is 16.5. The van der Waals surface area contributed by atoms with Crippen LogP contribution in [0.2, 0.25) is 0 Å². The van der Waals surface area contributed by atoms with E-state index in [0.29, 0.717) is 11.4 Å². The van der Waals surface area contributed by atoms with Crippen LogP contribution in [-0.2, 0) is 9.59 Å². The standard InChI is InChI=1S/C23H19N3O3S/c1-15-8-9-18(25(15)17-10-12-19(29-2)13-11-17)14-20-21(27)24-23(30)26(22(20)28)16-6-4-3-5-7-16/h3-14H,1-2H3,(H,24,27,30)/b20-14+. The molecule has 6 nitrogen and oxygen atoms in total. The molecule has 0 aliphatic carbocycles. The fourth-order valence-electron chi connectivity index (χ4n) is 3.37. The summed E-state index contributed by atoms with van der Waals surface area (Å²) in [5.41, 5.74) is 3.17. The molecule has 1 aromatic heterocycles. The van der Waals surface area contributed by atoms with Gasteiger partial charge in [0.05, 0.1) is 12.8 Å². The van der Waals surface area contributed by atoms with Crippen LogP contribution in [0.25, 0.3) is 11.8 Å². The molecule has 7 heteroatoms. The smallest absolute Gasteiger partial charge is 0.270 e. The second-order valence-corrected chi connectivity index (χ2v) is 7.11. The number of methoxy groups -OCH3 is 1. The van der Waals surface area contributed by atoms with Crippen LogP contribution < -0.4 is 15.0 Å². The second kappa shape index (κ2) is 7.96. The van der Waals surface area contributed by atoms with E-state index < -0.39 is 11.8 Å². The largest absolute Gasteiger partial charge is 0.497 e. The van der Waals surface area contributed by atoms with Crippen molar-refractivity contribution in [2.75, 3.05) is 12.0 Å².